The third-order valence-corrected chi connectivity index (χ3v) is 3.87. The van der Waals surface area contributed by atoms with Crippen LogP contribution in [0.4, 0.5) is 5.69 Å². The average Bonchev–Trinajstić information content (AvgIpc) is 2.97. The summed E-state index contributed by atoms with van der Waals surface area (Å²) in [5.41, 5.74) is 6.04. The molecule has 0 fully saturated rings. The molecule has 0 aliphatic carbocycles. The fourth-order valence-corrected chi connectivity index (χ4v) is 2.80. The molecular weight excluding hydrogens is 294 g/mol. The summed E-state index contributed by atoms with van der Waals surface area (Å²) in [6.45, 7) is 0.188. The Bertz CT molecular complexity index is 773. The lowest BCUT2D eigenvalue weighted by Gasteiger charge is -2.10. The van der Waals surface area contributed by atoms with Gasteiger partial charge in [-0.2, -0.15) is 0 Å². The van der Waals surface area contributed by atoms with E-state index in [4.69, 9.17) is 10.5 Å². The van der Waals surface area contributed by atoms with Gasteiger partial charge in [-0.15, -0.1) is 0 Å². The minimum absolute atomic E-state index is 0.0324. The molecule has 0 saturated heterocycles. The summed E-state index contributed by atoms with van der Waals surface area (Å²) < 4.78 is 36.7. The summed E-state index contributed by atoms with van der Waals surface area (Å²) in [4.78, 5) is -0.0324. The van der Waals surface area contributed by atoms with Gasteiger partial charge in [-0.1, -0.05) is 17.0 Å². The number of nitrogens with two attached hydrogens (primary N) is 1. The molecule has 0 radical (unpaired) electrons. The standard InChI is InChI=1S/C13H13N3O4S/c1-19-12-5-4-10(3-2-6-14)7-13(12)21(17,18)16-11-8-15-20-9-11/h4-5,7-9,16H,6,14H2,1H3. The first kappa shape index (κ1) is 14.9. The van der Waals surface area contributed by atoms with Crippen LogP contribution in [0.25, 0.3) is 0 Å². The summed E-state index contributed by atoms with van der Waals surface area (Å²) in [5.74, 6) is 5.64. The van der Waals surface area contributed by atoms with E-state index < -0.39 is 10.0 Å². The van der Waals surface area contributed by atoms with Crippen LogP contribution in [0, 0.1) is 11.8 Å². The summed E-state index contributed by atoms with van der Waals surface area (Å²) >= 11 is 0. The van der Waals surface area contributed by atoms with Crippen molar-refractivity contribution in [3.63, 3.8) is 0 Å². The molecule has 2 rings (SSSR count). The van der Waals surface area contributed by atoms with Crippen molar-refractivity contribution in [1.29, 1.82) is 0 Å². The van der Waals surface area contributed by atoms with Crippen LogP contribution in [-0.2, 0) is 10.0 Å². The highest BCUT2D eigenvalue weighted by molar-refractivity contribution is 7.92. The highest BCUT2D eigenvalue weighted by Crippen LogP contribution is 2.26. The third-order valence-electron chi connectivity index (χ3n) is 2.47. The normalized spacial score (nSPS) is 10.6. The van der Waals surface area contributed by atoms with Crippen molar-refractivity contribution in [2.75, 3.05) is 18.4 Å². The molecule has 1 heterocycles. The molecule has 0 aliphatic heterocycles. The molecule has 3 N–H and O–H groups in total. The molecule has 0 saturated carbocycles. The van der Waals surface area contributed by atoms with Crippen LogP contribution in [0.5, 0.6) is 5.75 Å². The monoisotopic (exact) mass is 307 g/mol. The van der Waals surface area contributed by atoms with Gasteiger partial charge in [0.2, 0.25) is 0 Å². The number of nitrogens with zero attached hydrogens (tertiary/aromatic N) is 1. The van der Waals surface area contributed by atoms with Crippen LogP contribution in [0.1, 0.15) is 5.56 Å². The predicted molar refractivity (Wildman–Crippen MR) is 76.2 cm³/mol. The largest absolute Gasteiger partial charge is 0.495 e. The van der Waals surface area contributed by atoms with E-state index in [9.17, 15) is 8.42 Å². The van der Waals surface area contributed by atoms with Gasteiger partial charge in [0, 0.05) is 5.56 Å². The van der Waals surface area contributed by atoms with Crippen molar-refractivity contribution in [3.8, 4) is 17.6 Å². The molecule has 0 amide bonds. The van der Waals surface area contributed by atoms with Crippen molar-refractivity contribution in [3.05, 3.63) is 36.2 Å². The number of rotatable bonds is 4. The highest BCUT2D eigenvalue weighted by atomic mass is 32.2. The highest BCUT2D eigenvalue weighted by Gasteiger charge is 2.20. The number of benzene rings is 1. The lowest BCUT2D eigenvalue weighted by Crippen LogP contribution is -2.14. The zero-order valence-corrected chi connectivity index (χ0v) is 12.0. The minimum Gasteiger partial charge on any atom is -0.495 e. The Morgan fingerprint density at radius 1 is 1.48 bits per heavy atom. The molecule has 0 aliphatic rings. The molecule has 1 aromatic carbocycles. The van der Waals surface area contributed by atoms with Gasteiger partial charge in [0.25, 0.3) is 10.0 Å². The molecule has 8 heteroatoms. The lowest BCUT2D eigenvalue weighted by atomic mass is 10.2. The van der Waals surface area contributed by atoms with Crippen LogP contribution in [0.15, 0.2) is 40.1 Å². The number of ether oxygens (including phenoxy) is 1. The number of sulfonamides is 1. The Hall–Kier alpha value is -2.50. The zero-order valence-electron chi connectivity index (χ0n) is 11.2. The van der Waals surface area contributed by atoms with E-state index in [1.54, 1.807) is 6.07 Å². The second-order valence-corrected chi connectivity index (χ2v) is 5.54. The van der Waals surface area contributed by atoms with Gasteiger partial charge in [-0.3, -0.25) is 4.72 Å². The van der Waals surface area contributed by atoms with E-state index in [1.165, 1.54) is 31.7 Å². The Kier molecular flexibility index (Phi) is 4.47. The van der Waals surface area contributed by atoms with E-state index in [0.717, 1.165) is 0 Å². The number of nitrogens with one attached hydrogen (secondary N) is 1. The fraction of sp³-hybridized carbons (Fsp3) is 0.154. The number of anilines is 1. The first-order valence-corrected chi connectivity index (χ1v) is 7.34. The van der Waals surface area contributed by atoms with E-state index in [1.807, 2.05) is 0 Å². The molecule has 21 heavy (non-hydrogen) atoms. The van der Waals surface area contributed by atoms with Gasteiger partial charge in [0.05, 0.1) is 19.9 Å². The smallest absolute Gasteiger partial charge is 0.265 e. The Morgan fingerprint density at radius 3 is 2.90 bits per heavy atom. The van der Waals surface area contributed by atoms with Gasteiger partial charge in [-0.05, 0) is 18.2 Å². The number of hydrogen-bond acceptors (Lipinski definition) is 6. The fourth-order valence-electron chi connectivity index (χ4n) is 1.58. The number of aromatic nitrogens is 1. The predicted octanol–water partition coefficient (Wildman–Crippen LogP) is 0.794. The molecule has 110 valence electrons. The lowest BCUT2D eigenvalue weighted by molar-refractivity contribution is 0.403. The van der Waals surface area contributed by atoms with E-state index in [-0.39, 0.29) is 22.9 Å². The maximum Gasteiger partial charge on any atom is 0.265 e. The van der Waals surface area contributed by atoms with Gasteiger partial charge in [-0.25, -0.2) is 8.42 Å². The Morgan fingerprint density at radius 2 is 2.29 bits per heavy atom. The zero-order chi connectivity index (χ0) is 15.3. The molecule has 1 aromatic heterocycles. The second kappa shape index (κ2) is 6.30. The molecule has 0 atom stereocenters. The third kappa shape index (κ3) is 3.53. The molecule has 0 bridgehead atoms. The van der Waals surface area contributed by atoms with Gasteiger partial charge < -0.3 is 15.0 Å². The average molecular weight is 307 g/mol. The topological polar surface area (TPSA) is 107 Å². The van der Waals surface area contributed by atoms with Crippen molar-refractivity contribution >= 4 is 15.7 Å². The van der Waals surface area contributed by atoms with Gasteiger partial charge >= 0.3 is 0 Å². The number of methoxy groups -OCH3 is 1. The second-order valence-electron chi connectivity index (χ2n) is 3.89. The van der Waals surface area contributed by atoms with Crippen LogP contribution in [0.2, 0.25) is 0 Å². The minimum atomic E-state index is -3.85. The summed E-state index contributed by atoms with van der Waals surface area (Å²) in [6, 6.07) is 4.60. The van der Waals surface area contributed by atoms with E-state index in [0.29, 0.717) is 5.56 Å². The number of hydrogen-bond donors (Lipinski definition) is 2. The van der Waals surface area contributed by atoms with E-state index >= 15 is 0 Å². The van der Waals surface area contributed by atoms with Crippen molar-refractivity contribution < 1.29 is 17.7 Å². The molecule has 0 unspecified atom stereocenters. The van der Waals surface area contributed by atoms with Crippen LogP contribution in [0.3, 0.4) is 0 Å². The van der Waals surface area contributed by atoms with Crippen molar-refractivity contribution in [1.82, 2.24) is 5.16 Å². The summed E-state index contributed by atoms with van der Waals surface area (Å²) in [6.07, 6.45) is 2.43. The van der Waals surface area contributed by atoms with Crippen LogP contribution < -0.4 is 15.2 Å². The SMILES string of the molecule is COc1ccc(C#CCN)cc1S(=O)(=O)Nc1cnoc1. The first-order valence-electron chi connectivity index (χ1n) is 5.86. The Labute approximate surface area is 122 Å². The summed E-state index contributed by atoms with van der Waals surface area (Å²) in [5, 5.41) is 3.43. The quantitative estimate of drug-likeness (QED) is 0.809. The molecule has 2 aromatic rings. The van der Waals surface area contributed by atoms with Crippen molar-refractivity contribution in [2.45, 2.75) is 4.90 Å². The molecule has 7 nitrogen and oxygen atoms in total. The van der Waals surface area contributed by atoms with Crippen LogP contribution >= 0.6 is 0 Å². The maximum absolute atomic E-state index is 12.4. The van der Waals surface area contributed by atoms with Crippen molar-refractivity contribution in [2.24, 2.45) is 5.73 Å². The Balaban J connectivity index is 2.44. The first-order chi connectivity index (χ1) is 10.1. The molecule has 0 spiro atoms. The van der Waals surface area contributed by atoms with Gasteiger partial charge in [0.1, 0.15) is 22.6 Å². The van der Waals surface area contributed by atoms with Crippen LogP contribution in [-0.4, -0.2) is 27.2 Å². The molecular formula is C13H13N3O4S. The van der Waals surface area contributed by atoms with E-state index in [2.05, 4.69) is 26.2 Å². The maximum atomic E-state index is 12.4. The summed E-state index contributed by atoms with van der Waals surface area (Å²) in [7, 11) is -2.46. The van der Waals surface area contributed by atoms with Gasteiger partial charge in [0.15, 0.2) is 0 Å².